The Balaban J connectivity index is 1.87. The fraction of sp³-hybridized carbons (Fsp3) is 0.250. The third kappa shape index (κ3) is 2.24. The molecule has 2 aromatic heterocycles. The first-order valence-corrected chi connectivity index (χ1v) is 6.77. The molecule has 4 N–H and O–H groups in total. The third-order valence-corrected chi connectivity index (χ3v) is 3.72. The number of anilines is 2. The lowest BCUT2D eigenvalue weighted by molar-refractivity contribution is 0.668. The van der Waals surface area contributed by atoms with E-state index < -0.39 is 0 Å². The molecule has 7 heteroatoms. The predicted octanol–water partition coefficient (Wildman–Crippen LogP) is 1.70. The van der Waals surface area contributed by atoms with Gasteiger partial charge in [-0.2, -0.15) is 4.52 Å². The number of nitrogens with two attached hydrogens (primary N) is 2. The van der Waals surface area contributed by atoms with Crippen molar-refractivity contribution in [2.45, 2.75) is 19.3 Å². The maximum atomic E-state index is 5.68. The van der Waals surface area contributed by atoms with Crippen molar-refractivity contribution in [1.29, 1.82) is 0 Å². The van der Waals surface area contributed by atoms with Crippen molar-refractivity contribution in [2.24, 2.45) is 0 Å². The standard InChI is InChI=1S/C12H14N6S/c1-7(6-8-2-4-9(13)5-3-8)10-15-16-12-18(10)17-11(14)19-12/h2-5,7H,6,13H2,1H3,(H2,14,17). The summed E-state index contributed by atoms with van der Waals surface area (Å²) in [6.45, 7) is 2.10. The molecule has 1 aromatic carbocycles. The van der Waals surface area contributed by atoms with Crippen LogP contribution in [0.3, 0.4) is 0 Å². The highest BCUT2D eigenvalue weighted by Gasteiger charge is 2.16. The van der Waals surface area contributed by atoms with E-state index in [1.807, 2.05) is 24.3 Å². The molecule has 1 unspecified atom stereocenters. The SMILES string of the molecule is CC(Cc1ccc(N)cc1)c1nnc2sc(N)nn12. The third-order valence-electron chi connectivity index (χ3n) is 2.99. The lowest BCUT2D eigenvalue weighted by atomic mass is 10.0. The van der Waals surface area contributed by atoms with E-state index in [-0.39, 0.29) is 5.92 Å². The van der Waals surface area contributed by atoms with Gasteiger partial charge < -0.3 is 11.5 Å². The molecule has 3 aromatic rings. The lowest BCUT2D eigenvalue weighted by Crippen LogP contribution is -2.05. The fourth-order valence-corrected chi connectivity index (χ4v) is 2.66. The smallest absolute Gasteiger partial charge is 0.236 e. The zero-order chi connectivity index (χ0) is 13.4. The molecule has 0 fully saturated rings. The summed E-state index contributed by atoms with van der Waals surface area (Å²) in [6.07, 6.45) is 0.860. The second-order valence-corrected chi connectivity index (χ2v) is 5.53. The molecule has 0 aliphatic rings. The largest absolute Gasteiger partial charge is 0.399 e. The van der Waals surface area contributed by atoms with Crippen molar-refractivity contribution in [2.75, 3.05) is 11.5 Å². The Morgan fingerprint density at radius 2 is 1.95 bits per heavy atom. The number of hydrogen-bond donors (Lipinski definition) is 2. The molecular weight excluding hydrogens is 260 g/mol. The van der Waals surface area contributed by atoms with E-state index in [4.69, 9.17) is 11.5 Å². The number of nitrogens with zero attached hydrogens (tertiary/aromatic N) is 4. The highest BCUT2D eigenvalue weighted by Crippen LogP contribution is 2.23. The van der Waals surface area contributed by atoms with E-state index >= 15 is 0 Å². The molecule has 1 atom stereocenters. The molecule has 6 nitrogen and oxygen atoms in total. The quantitative estimate of drug-likeness (QED) is 0.709. The van der Waals surface area contributed by atoms with Crippen LogP contribution in [-0.4, -0.2) is 19.8 Å². The fourth-order valence-electron chi connectivity index (χ4n) is 2.05. The zero-order valence-electron chi connectivity index (χ0n) is 10.4. The average Bonchev–Trinajstić information content (AvgIpc) is 2.90. The summed E-state index contributed by atoms with van der Waals surface area (Å²) in [5.74, 6) is 1.04. The van der Waals surface area contributed by atoms with E-state index in [9.17, 15) is 0 Å². The predicted molar refractivity (Wildman–Crippen MR) is 76.0 cm³/mol. The van der Waals surface area contributed by atoms with Crippen LogP contribution in [0.2, 0.25) is 0 Å². The highest BCUT2D eigenvalue weighted by molar-refractivity contribution is 7.20. The van der Waals surface area contributed by atoms with Gasteiger partial charge in [-0.3, -0.25) is 0 Å². The van der Waals surface area contributed by atoms with Crippen molar-refractivity contribution in [3.05, 3.63) is 35.7 Å². The molecule has 0 aliphatic carbocycles. The van der Waals surface area contributed by atoms with Gasteiger partial charge in [0, 0.05) is 11.6 Å². The Labute approximate surface area is 114 Å². The maximum Gasteiger partial charge on any atom is 0.236 e. The van der Waals surface area contributed by atoms with Crippen LogP contribution < -0.4 is 11.5 Å². The molecule has 0 saturated carbocycles. The van der Waals surface area contributed by atoms with Gasteiger partial charge in [-0.15, -0.1) is 15.3 Å². The van der Waals surface area contributed by atoms with Gasteiger partial charge in [0.2, 0.25) is 10.1 Å². The average molecular weight is 274 g/mol. The summed E-state index contributed by atoms with van der Waals surface area (Å²) < 4.78 is 1.72. The number of benzene rings is 1. The number of nitrogen functional groups attached to an aromatic ring is 2. The number of fused-ring (bicyclic) bond motifs is 1. The first-order chi connectivity index (χ1) is 9.13. The monoisotopic (exact) mass is 274 g/mol. The molecule has 3 rings (SSSR count). The van der Waals surface area contributed by atoms with Crippen molar-refractivity contribution < 1.29 is 0 Å². The van der Waals surface area contributed by atoms with Gasteiger partial charge >= 0.3 is 0 Å². The molecule has 0 aliphatic heterocycles. The minimum Gasteiger partial charge on any atom is -0.399 e. The summed E-state index contributed by atoms with van der Waals surface area (Å²) in [5, 5.41) is 13.0. The molecule has 19 heavy (non-hydrogen) atoms. The van der Waals surface area contributed by atoms with Gasteiger partial charge in [-0.05, 0) is 24.1 Å². The lowest BCUT2D eigenvalue weighted by Gasteiger charge is -2.08. The van der Waals surface area contributed by atoms with Crippen LogP contribution in [0, 0.1) is 0 Å². The summed E-state index contributed by atoms with van der Waals surface area (Å²) in [4.78, 5) is 0.733. The molecule has 0 bridgehead atoms. The Bertz CT molecular complexity index is 699. The summed E-state index contributed by atoms with van der Waals surface area (Å²) >= 11 is 1.34. The Kier molecular flexibility index (Phi) is 2.83. The van der Waals surface area contributed by atoms with Crippen LogP contribution >= 0.6 is 11.3 Å². The number of aromatic nitrogens is 4. The second-order valence-electron chi connectivity index (χ2n) is 4.54. The van der Waals surface area contributed by atoms with Gasteiger partial charge in [0.15, 0.2) is 5.82 Å². The highest BCUT2D eigenvalue weighted by atomic mass is 32.1. The number of rotatable bonds is 3. The molecular formula is C12H14N6S. The van der Waals surface area contributed by atoms with E-state index in [0.717, 1.165) is 22.9 Å². The van der Waals surface area contributed by atoms with Gasteiger partial charge in [-0.1, -0.05) is 30.4 Å². The maximum absolute atomic E-state index is 5.68. The Morgan fingerprint density at radius 3 is 2.68 bits per heavy atom. The minimum atomic E-state index is 0.208. The molecule has 98 valence electrons. The summed E-state index contributed by atoms with van der Waals surface area (Å²) in [6, 6.07) is 7.86. The molecule has 2 heterocycles. The van der Waals surface area contributed by atoms with Gasteiger partial charge in [0.1, 0.15) is 0 Å². The van der Waals surface area contributed by atoms with Crippen molar-refractivity contribution in [3.8, 4) is 0 Å². The molecule has 0 amide bonds. The van der Waals surface area contributed by atoms with Crippen molar-refractivity contribution >= 4 is 27.1 Å². The van der Waals surface area contributed by atoms with Gasteiger partial charge in [0.25, 0.3) is 0 Å². The van der Waals surface area contributed by atoms with Gasteiger partial charge in [0.05, 0.1) is 0 Å². The van der Waals surface area contributed by atoms with E-state index in [0.29, 0.717) is 5.13 Å². The first kappa shape index (κ1) is 11.9. The van der Waals surface area contributed by atoms with Crippen molar-refractivity contribution in [3.63, 3.8) is 0 Å². The van der Waals surface area contributed by atoms with Crippen LogP contribution in [0.1, 0.15) is 24.2 Å². The van der Waals surface area contributed by atoms with E-state index in [2.05, 4.69) is 22.2 Å². The zero-order valence-corrected chi connectivity index (χ0v) is 11.3. The van der Waals surface area contributed by atoms with Crippen LogP contribution in [0.25, 0.3) is 4.96 Å². The van der Waals surface area contributed by atoms with Crippen LogP contribution in [-0.2, 0) is 6.42 Å². The number of hydrogen-bond acceptors (Lipinski definition) is 6. The second kappa shape index (κ2) is 4.51. The Hall–Kier alpha value is -2.15. The molecule has 0 radical (unpaired) electrons. The normalized spacial score (nSPS) is 12.9. The van der Waals surface area contributed by atoms with E-state index in [1.54, 1.807) is 4.52 Å². The van der Waals surface area contributed by atoms with Gasteiger partial charge in [-0.25, -0.2) is 0 Å². The van der Waals surface area contributed by atoms with E-state index in [1.165, 1.54) is 16.9 Å². The minimum absolute atomic E-state index is 0.208. The molecule has 0 saturated heterocycles. The summed E-state index contributed by atoms with van der Waals surface area (Å²) in [5.41, 5.74) is 13.3. The topological polar surface area (TPSA) is 95.1 Å². The first-order valence-electron chi connectivity index (χ1n) is 5.95. The van der Waals surface area contributed by atoms with Crippen LogP contribution in [0.15, 0.2) is 24.3 Å². The molecule has 0 spiro atoms. The Morgan fingerprint density at radius 1 is 1.21 bits per heavy atom. The summed E-state index contributed by atoms with van der Waals surface area (Å²) in [7, 11) is 0. The van der Waals surface area contributed by atoms with Crippen LogP contribution in [0.5, 0.6) is 0 Å². The van der Waals surface area contributed by atoms with Crippen molar-refractivity contribution in [1.82, 2.24) is 19.8 Å². The van der Waals surface area contributed by atoms with Crippen LogP contribution in [0.4, 0.5) is 10.8 Å².